The van der Waals surface area contributed by atoms with Crippen molar-refractivity contribution >= 4 is 35.5 Å². The van der Waals surface area contributed by atoms with E-state index in [1.54, 1.807) is 44.3 Å². The van der Waals surface area contributed by atoms with Gasteiger partial charge in [0, 0.05) is 18.1 Å². The fourth-order valence-corrected chi connectivity index (χ4v) is 4.98. The van der Waals surface area contributed by atoms with Gasteiger partial charge in [-0.3, -0.25) is 4.79 Å². The monoisotopic (exact) mass is 275 g/mol. The largest absolute Gasteiger partial charge is 0.443 e. The summed E-state index contributed by atoms with van der Waals surface area (Å²) in [5.41, 5.74) is -0.553. The highest BCUT2D eigenvalue weighted by Crippen LogP contribution is 2.50. The molecule has 2 amide bonds. The molecule has 4 nitrogen and oxygen atoms in total. The lowest BCUT2D eigenvalue weighted by Gasteiger charge is -2.24. The van der Waals surface area contributed by atoms with E-state index in [1.807, 2.05) is 0 Å². The first-order valence-electron chi connectivity index (χ1n) is 5.67. The van der Waals surface area contributed by atoms with Gasteiger partial charge in [-0.2, -0.15) is 0 Å². The summed E-state index contributed by atoms with van der Waals surface area (Å²) < 4.78 is 4.84. The van der Waals surface area contributed by atoms with Gasteiger partial charge >= 0.3 is 6.09 Å². The molecule has 0 atom stereocenters. The zero-order chi connectivity index (χ0) is 12.7. The van der Waals surface area contributed by atoms with Crippen LogP contribution in [-0.2, 0) is 9.53 Å². The predicted octanol–water partition coefficient (Wildman–Crippen LogP) is 2.33. The second kappa shape index (κ2) is 4.39. The maximum Gasteiger partial charge on any atom is 0.417 e. The van der Waals surface area contributed by atoms with Gasteiger partial charge in [0.15, 0.2) is 0 Å². The highest BCUT2D eigenvalue weighted by molar-refractivity contribution is 8.22. The Morgan fingerprint density at radius 2 is 1.94 bits per heavy atom. The molecular weight excluding hydrogens is 258 g/mol. The average molecular weight is 275 g/mol. The Morgan fingerprint density at radius 1 is 1.35 bits per heavy atom. The molecule has 0 saturated carbocycles. The number of carbonyl (C=O) groups excluding carboxylic acids is 2. The van der Waals surface area contributed by atoms with Crippen LogP contribution in [0.3, 0.4) is 0 Å². The number of imide groups is 1. The summed E-state index contributed by atoms with van der Waals surface area (Å²) in [6.45, 7) is 5.90. The van der Waals surface area contributed by atoms with E-state index < -0.39 is 15.8 Å². The molecule has 2 fully saturated rings. The van der Waals surface area contributed by atoms with Crippen LogP contribution < -0.4 is 0 Å². The predicted molar refractivity (Wildman–Crippen MR) is 70.2 cm³/mol. The highest BCUT2D eigenvalue weighted by atomic mass is 32.2. The molecule has 2 heterocycles. The minimum atomic E-state index is -0.553. The van der Waals surface area contributed by atoms with E-state index >= 15 is 0 Å². The molecule has 2 aliphatic heterocycles. The third-order valence-corrected chi connectivity index (χ3v) is 6.08. The smallest absolute Gasteiger partial charge is 0.417 e. The second-order valence-corrected chi connectivity index (χ2v) is 8.18. The first-order valence-corrected chi connectivity index (χ1v) is 7.64. The van der Waals surface area contributed by atoms with E-state index in [4.69, 9.17) is 4.74 Å². The van der Waals surface area contributed by atoms with Crippen LogP contribution in [0.25, 0.3) is 0 Å². The van der Waals surface area contributed by atoms with E-state index in [-0.39, 0.29) is 5.91 Å². The van der Waals surface area contributed by atoms with Gasteiger partial charge in [0.25, 0.3) is 5.91 Å². The van der Waals surface area contributed by atoms with Gasteiger partial charge in [-0.15, -0.1) is 23.5 Å². The zero-order valence-electron chi connectivity index (χ0n) is 10.3. The Labute approximate surface area is 110 Å². The van der Waals surface area contributed by atoms with Gasteiger partial charge in [0.1, 0.15) is 9.68 Å². The molecule has 1 spiro atoms. The van der Waals surface area contributed by atoms with Crippen LogP contribution in [0, 0.1) is 0 Å². The van der Waals surface area contributed by atoms with Crippen LogP contribution in [-0.4, -0.2) is 44.6 Å². The standard InChI is InChI=1S/C11H17NO3S2/c1-10(2,3)15-9(14)12-5-4-11(8(12)13)16-6-7-17-11/h4-7H2,1-3H3. The third kappa shape index (κ3) is 2.57. The van der Waals surface area contributed by atoms with Crippen LogP contribution in [0.15, 0.2) is 0 Å². The molecule has 2 saturated heterocycles. The zero-order valence-corrected chi connectivity index (χ0v) is 11.9. The Bertz CT molecular complexity index is 345. The van der Waals surface area contributed by atoms with Crippen molar-refractivity contribution in [3.63, 3.8) is 0 Å². The normalized spacial score (nSPS) is 23.5. The van der Waals surface area contributed by atoms with Gasteiger partial charge in [-0.05, 0) is 27.2 Å². The number of nitrogens with zero attached hydrogens (tertiary/aromatic N) is 1. The summed E-state index contributed by atoms with van der Waals surface area (Å²) in [6.07, 6.45) is 0.230. The SMILES string of the molecule is CC(C)(C)OC(=O)N1CCC2(SCCS2)C1=O. The molecule has 0 N–H and O–H groups in total. The van der Waals surface area contributed by atoms with Crippen LogP contribution in [0.4, 0.5) is 4.79 Å². The Kier molecular flexibility index (Phi) is 3.38. The number of hydrogen-bond donors (Lipinski definition) is 0. The van der Waals surface area contributed by atoms with Gasteiger partial charge in [0.05, 0.1) is 0 Å². The fourth-order valence-electron chi connectivity index (χ4n) is 1.89. The number of amides is 2. The van der Waals surface area contributed by atoms with E-state index in [9.17, 15) is 9.59 Å². The van der Waals surface area contributed by atoms with Crippen LogP contribution in [0.5, 0.6) is 0 Å². The van der Waals surface area contributed by atoms with Crippen LogP contribution >= 0.6 is 23.5 Å². The van der Waals surface area contributed by atoms with E-state index in [1.165, 1.54) is 4.90 Å². The molecule has 6 heteroatoms. The highest BCUT2D eigenvalue weighted by Gasteiger charge is 2.52. The van der Waals surface area contributed by atoms with Crippen molar-refractivity contribution in [3.05, 3.63) is 0 Å². The molecule has 96 valence electrons. The first-order chi connectivity index (χ1) is 7.84. The summed E-state index contributed by atoms with van der Waals surface area (Å²) in [5, 5.41) is 0. The van der Waals surface area contributed by atoms with Crippen molar-refractivity contribution in [1.82, 2.24) is 4.90 Å². The van der Waals surface area contributed by atoms with Crippen molar-refractivity contribution < 1.29 is 14.3 Å². The van der Waals surface area contributed by atoms with Crippen LogP contribution in [0.1, 0.15) is 27.2 Å². The number of thioether (sulfide) groups is 2. The lowest BCUT2D eigenvalue weighted by Crippen LogP contribution is -2.41. The lowest BCUT2D eigenvalue weighted by atomic mass is 10.2. The Morgan fingerprint density at radius 3 is 2.47 bits per heavy atom. The third-order valence-electron chi connectivity index (χ3n) is 2.60. The number of ether oxygens (including phenoxy) is 1. The Hall–Kier alpha value is -0.360. The summed E-state index contributed by atoms with van der Waals surface area (Å²) in [6, 6.07) is 0. The van der Waals surface area contributed by atoms with Gasteiger partial charge < -0.3 is 4.74 Å². The topological polar surface area (TPSA) is 46.6 Å². The van der Waals surface area contributed by atoms with E-state index in [0.717, 1.165) is 17.9 Å². The van der Waals surface area contributed by atoms with Crippen molar-refractivity contribution in [2.45, 2.75) is 36.9 Å². The molecule has 0 aliphatic carbocycles. The number of carbonyl (C=O) groups is 2. The minimum Gasteiger partial charge on any atom is -0.443 e. The van der Waals surface area contributed by atoms with Gasteiger partial charge in [-0.25, -0.2) is 9.69 Å². The molecule has 0 aromatic rings. The molecule has 2 aliphatic rings. The molecule has 17 heavy (non-hydrogen) atoms. The number of rotatable bonds is 0. The van der Waals surface area contributed by atoms with Crippen molar-refractivity contribution in [3.8, 4) is 0 Å². The minimum absolute atomic E-state index is 0.0840. The van der Waals surface area contributed by atoms with Crippen molar-refractivity contribution in [1.29, 1.82) is 0 Å². The summed E-state index contributed by atoms with van der Waals surface area (Å²) in [5.74, 6) is 1.89. The van der Waals surface area contributed by atoms with Gasteiger partial charge in [-0.1, -0.05) is 0 Å². The molecule has 0 unspecified atom stereocenters. The van der Waals surface area contributed by atoms with Crippen molar-refractivity contribution in [2.75, 3.05) is 18.1 Å². The summed E-state index contributed by atoms with van der Waals surface area (Å²) in [7, 11) is 0. The maximum absolute atomic E-state index is 12.2. The van der Waals surface area contributed by atoms with Crippen molar-refractivity contribution in [2.24, 2.45) is 0 Å². The quantitative estimate of drug-likeness (QED) is 0.679. The van der Waals surface area contributed by atoms with Gasteiger partial charge in [0.2, 0.25) is 0 Å². The average Bonchev–Trinajstić information content (AvgIpc) is 2.75. The number of hydrogen-bond acceptors (Lipinski definition) is 5. The molecule has 2 rings (SSSR count). The second-order valence-electron chi connectivity index (χ2n) is 5.14. The van der Waals surface area contributed by atoms with E-state index in [0.29, 0.717) is 6.54 Å². The lowest BCUT2D eigenvalue weighted by molar-refractivity contribution is -0.127. The van der Waals surface area contributed by atoms with Crippen LogP contribution in [0.2, 0.25) is 0 Å². The molecular formula is C11H17NO3S2. The maximum atomic E-state index is 12.2. The molecule has 0 radical (unpaired) electrons. The Balaban J connectivity index is 2.05. The summed E-state index contributed by atoms with van der Waals surface area (Å²) in [4.78, 5) is 25.4. The first kappa shape index (κ1) is 13.1. The summed E-state index contributed by atoms with van der Waals surface area (Å²) >= 11 is 3.33. The molecule has 0 aromatic carbocycles. The fraction of sp³-hybridized carbons (Fsp3) is 0.818. The molecule has 0 bridgehead atoms. The molecule has 0 aromatic heterocycles. The number of likely N-dealkylation sites (tertiary alicyclic amines) is 1. The van der Waals surface area contributed by atoms with E-state index in [2.05, 4.69) is 0 Å².